The highest BCUT2D eigenvalue weighted by Crippen LogP contribution is 2.22. The fourth-order valence-electron chi connectivity index (χ4n) is 2.19. The Balaban J connectivity index is 2.12. The van der Waals surface area contributed by atoms with Gasteiger partial charge in [-0.1, -0.05) is 12.1 Å². The fourth-order valence-corrected chi connectivity index (χ4v) is 2.19. The number of nitrogens with zero attached hydrogens (tertiary/aromatic N) is 2. The Morgan fingerprint density at radius 2 is 2.18 bits per heavy atom. The van der Waals surface area contributed by atoms with Gasteiger partial charge in [0, 0.05) is 18.5 Å². The van der Waals surface area contributed by atoms with Gasteiger partial charge in [-0.2, -0.15) is 5.26 Å². The van der Waals surface area contributed by atoms with Crippen LogP contribution in [-0.4, -0.2) is 22.8 Å². The zero-order valence-corrected chi connectivity index (χ0v) is 12.8. The SMILES string of the molecule is CC(C)(C)OC(=O)NCCn1c(C#N)cc2cccc(F)c21. The summed E-state index contributed by atoms with van der Waals surface area (Å²) in [7, 11) is 0. The van der Waals surface area contributed by atoms with E-state index in [1.54, 1.807) is 43.5 Å². The monoisotopic (exact) mass is 303 g/mol. The summed E-state index contributed by atoms with van der Waals surface area (Å²) in [5.74, 6) is -0.392. The van der Waals surface area contributed by atoms with E-state index >= 15 is 0 Å². The molecule has 2 aromatic rings. The molecule has 0 aliphatic carbocycles. The Kier molecular flexibility index (Phi) is 4.36. The van der Waals surface area contributed by atoms with E-state index in [9.17, 15) is 9.18 Å². The van der Waals surface area contributed by atoms with E-state index in [-0.39, 0.29) is 13.1 Å². The summed E-state index contributed by atoms with van der Waals surface area (Å²) in [6.45, 7) is 5.84. The van der Waals surface area contributed by atoms with Crippen molar-refractivity contribution in [1.82, 2.24) is 9.88 Å². The number of carbonyl (C=O) groups excluding carboxylic acids is 1. The Morgan fingerprint density at radius 3 is 2.82 bits per heavy atom. The molecule has 0 bridgehead atoms. The zero-order valence-electron chi connectivity index (χ0n) is 12.8. The number of ether oxygens (including phenoxy) is 1. The number of fused-ring (bicyclic) bond motifs is 1. The Morgan fingerprint density at radius 1 is 1.45 bits per heavy atom. The largest absolute Gasteiger partial charge is 0.444 e. The first-order valence-corrected chi connectivity index (χ1v) is 6.96. The summed E-state index contributed by atoms with van der Waals surface area (Å²) in [5.41, 5.74) is 0.143. The smallest absolute Gasteiger partial charge is 0.407 e. The highest BCUT2D eigenvalue weighted by Gasteiger charge is 2.16. The third-order valence-electron chi connectivity index (χ3n) is 2.99. The van der Waals surface area contributed by atoms with E-state index < -0.39 is 17.5 Å². The van der Waals surface area contributed by atoms with Crippen molar-refractivity contribution < 1.29 is 13.9 Å². The van der Waals surface area contributed by atoms with Crippen molar-refractivity contribution >= 4 is 17.0 Å². The molecule has 1 amide bonds. The van der Waals surface area contributed by atoms with E-state index in [4.69, 9.17) is 10.00 Å². The van der Waals surface area contributed by atoms with E-state index in [1.807, 2.05) is 6.07 Å². The Labute approximate surface area is 128 Å². The molecule has 1 N–H and O–H groups in total. The van der Waals surface area contributed by atoms with Gasteiger partial charge in [0.2, 0.25) is 0 Å². The average molecular weight is 303 g/mol. The van der Waals surface area contributed by atoms with Crippen LogP contribution in [0.2, 0.25) is 0 Å². The molecule has 2 rings (SSSR count). The quantitative estimate of drug-likeness (QED) is 0.947. The summed E-state index contributed by atoms with van der Waals surface area (Å²) in [5, 5.41) is 12.4. The van der Waals surface area contributed by atoms with E-state index in [1.165, 1.54) is 6.07 Å². The molecule has 0 saturated carbocycles. The van der Waals surface area contributed by atoms with Gasteiger partial charge in [-0.3, -0.25) is 0 Å². The summed E-state index contributed by atoms with van der Waals surface area (Å²) in [4.78, 5) is 11.6. The second-order valence-corrected chi connectivity index (χ2v) is 5.90. The summed E-state index contributed by atoms with van der Waals surface area (Å²) in [6, 6.07) is 8.37. The van der Waals surface area contributed by atoms with Gasteiger partial charge < -0.3 is 14.6 Å². The lowest BCUT2D eigenvalue weighted by molar-refractivity contribution is 0.0526. The molecule has 1 aromatic carbocycles. The molecule has 0 fully saturated rings. The van der Waals surface area contributed by atoms with Crippen LogP contribution < -0.4 is 5.32 Å². The predicted molar refractivity (Wildman–Crippen MR) is 80.8 cm³/mol. The van der Waals surface area contributed by atoms with Crippen molar-refractivity contribution in [1.29, 1.82) is 5.26 Å². The van der Waals surface area contributed by atoms with Gasteiger partial charge in [0.15, 0.2) is 0 Å². The highest BCUT2D eigenvalue weighted by molar-refractivity contribution is 5.82. The minimum atomic E-state index is -0.575. The predicted octanol–water partition coefficient (Wildman–Crippen LogP) is 3.18. The maximum atomic E-state index is 14.0. The number of hydrogen-bond acceptors (Lipinski definition) is 3. The molecule has 0 radical (unpaired) electrons. The molecule has 22 heavy (non-hydrogen) atoms. The second-order valence-electron chi connectivity index (χ2n) is 5.90. The number of benzene rings is 1. The molecule has 6 heteroatoms. The molecule has 1 heterocycles. The minimum absolute atomic E-state index is 0.238. The number of aromatic nitrogens is 1. The zero-order chi connectivity index (χ0) is 16.3. The van der Waals surface area contributed by atoms with Crippen molar-refractivity contribution in [2.75, 3.05) is 6.54 Å². The molecule has 0 atom stereocenters. The third-order valence-corrected chi connectivity index (χ3v) is 2.99. The highest BCUT2D eigenvalue weighted by atomic mass is 19.1. The van der Waals surface area contributed by atoms with E-state index in [0.717, 1.165) is 0 Å². The lowest BCUT2D eigenvalue weighted by Crippen LogP contribution is -2.34. The number of para-hydroxylation sites is 1. The molecule has 0 aliphatic heterocycles. The van der Waals surface area contributed by atoms with Crippen LogP contribution in [0.15, 0.2) is 24.3 Å². The van der Waals surface area contributed by atoms with E-state index in [2.05, 4.69) is 5.32 Å². The van der Waals surface area contributed by atoms with Crippen LogP contribution in [0, 0.1) is 17.1 Å². The maximum Gasteiger partial charge on any atom is 0.407 e. The van der Waals surface area contributed by atoms with Crippen LogP contribution in [-0.2, 0) is 11.3 Å². The number of amides is 1. The van der Waals surface area contributed by atoms with Gasteiger partial charge in [0.25, 0.3) is 0 Å². The molecular weight excluding hydrogens is 285 g/mol. The number of halogens is 1. The molecule has 116 valence electrons. The summed E-state index contributed by atoms with van der Waals surface area (Å²) < 4.78 is 20.6. The molecule has 0 saturated heterocycles. The number of nitriles is 1. The van der Waals surface area contributed by atoms with Crippen LogP contribution >= 0.6 is 0 Å². The average Bonchev–Trinajstić information content (AvgIpc) is 2.76. The van der Waals surface area contributed by atoms with Crippen molar-refractivity contribution in [3.63, 3.8) is 0 Å². The van der Waals surface area contributed by atoms with E-state index in [0.29, 0.717) is 16.6 Å². The van der Waals surface area contributed by atoms with Crippen molar-refractivity contribution in [2.24, 2.45) is 0 Å². The maximum absolute atomic E-state index is 14.0. The Hall–Kier alpha value is -2.55. The van der Waals surface area contributed by atoms with Crippen molar-refractivity contribution in [3.8, 4) is 6.07 Å². The Bertz CT molecular complexity index is 738. The standard InChI is InChI=1S/C16H18FN3O2/c1-16(2,3)22-15(21)19-7-8-20-12(10-18)9-11-5-4-6-13(17)14(11)20/h4-6,9H,7-8H2,1-3H3,(H,19,21). The number of hydrogen-bond donors (Lipinski definition) is 1. The van der Waals surface area contributed by atoms with Crippen LogP contribution in [0.4, 0.5) is 9.18 Å². The molecular formula is C16H18FN3O2. The van der Waals surface area contributed by atoms with Gasteiger partial charge in [-0.25, -0.2) is 9.18 Å². The first kappa shape index (κ1) is 15.8. The molecule has 0 spiro atoms. The van der Waals surface area contributed by atoms with Crippen molar-refractivity contribution in [2.45, 2.75) is 32.9 Å². The fraction of sp³-hybridized carbons (Fsp3) is 0.375. The minimum Gasteiger partial charge on any atom is -0.444 e. The van der Waals surface area contributed by atoms with Gasteiger partial charge >= 0.3 is 6.09 Å². The van der Waals surface area contributed by atoms with Crippen molar-refractivity contribution in [3.05, 3.63) is 35.8 Å². The van der Waals surface area contributed by atoms with Crippen LogP contribution in [0.5, 0.6) is 0 Å². The number of alkyl carbamates (subject to hydrolysis) is 1. The van der Waals surface area contributed by atoms with Gasteiger partial charge in [0.05, 0.1) is 5.52 Å². The first-order chi connectivity index (χ1) is 10.3. The van der Waals surface area contributed by atoms with Gasteiger partial charge in [0.1, 0.15) is 23.2 Å². The second kappa shape index (κ2) is 6.06. The lowest BCUT2D eigenvalue weighted by Gasteiger charge is -2.19. The first-order valence-electron chi connectivity index (χ1n) is 6.96. The van der Waals surface area contributed by atoms with Crippen LogP contribution in [0.1, 0.15) is 26.5 Å². The number of rotatable bonds is 3. The number of nitrogens with one attached hydrogen (secondary N) is 1. The van der Waals surface area contributed by atoms with Gasteiger partial charge in [-0.05, 0) is 32.9 Å². The lowest BCUT2D eigenvalue weighted by atomic mass is 10.2. The van der Waals surface area contributed by atoms with Gasteiger partial charge in [-0.15, -0.1) is 0 Å². The normalized spacial score (nSPS) is 11.2. The molecule has 1 aromatic heterocycles. The number of carbonyl (C=O) groups is 1. The third kappa shape index (κ3) is 3.55. The summed E-state index contributed by atoms with van der Waals surface area (Å²) in [6.07, 6.45) is -0.539. The molecule has 5 nitrogen and oxygen atoms in total. The van der Waals surface area contributed by atoms with Crippen LogP contribution in [0.3, 0.4) is 0 Å². The molecule has 0 aliphatic rings. The van der Waals surface area contributed by atoms with Crippen LogP contribution in [0.25, 0.3) is 10.9 Å². The summed E-state index contributed by atoms with van der Waals surface area (Å²) >= 11 is 0. The topological polar surface area (TPSA) is 67.0 Å². The molecule has 0 unspecified atom stereocenters.